The van der Waals surface area contributed by atoms with Crippen LogP contribution < -0.4 is 4.74 Å². The monoisotopic (exact) mass is 424 g/mol. The largest absolute Gasteiger partial charge is 0.456 e. The maximum atomic E-state index is 14.0. The van der Waals surface area contributed by atoms with Crippen LogP contribution in [0.3, 0.4) is 0 Å². The van der Waals surface area contributed by atoms with Gasteiger partial charge in [-0.3, -0.25) is 0 Å². The Labute approximate surface area is 176 Å². The second-order valence-electron chi connectivity index (χ2n) is 6.67. The van der Waals surface area contributed by atoms with E-state index < -0.39 is 11.1 Å². The first-order chi connectivity index (χ1) is 14.1. The maximum Gasteiger partial charge on any atom is 0.157 e. The lowest BCUT2D eigenvalue weighted by Crippen LogP contribution is -2.15. The molecule has 146 valence electrons. The van der Waals surface area contributed by atoms with Gasteiger partial charge in [-0.05, 0) is 34.7 Å². The summed E-state index contributed by atoms with van der Waals surface area (Å²) in [5.74, 6) is 0.780. The summed E-state index contributed by atoms with van der Waals surface area (Å²) in [6, 6.07) is 21.3. The lowest BCUT2D eigenvalue weighted by molar-refractivity contribution is 0.500. The Bertz CT molecular complexity index is 1120. The molecule has 0 bridgehead atoms. The van der Waals surface area contributed by atoms with Crippen molar-refractivity contribution >= 4 is 40.0 Å². The number of allylic oxidation sites excluding steroid dienone is 1. The molecular formula is C23H17FO3S2. The van der Waals surface area contributed by atoms with Crippen molar-refractivity contribution in [2.75, 3.05) is 0 Å². The van der Waals surface area contributed by atoms with Gasteiger partial charge in [0.1, 0.15) is 17.3 Å². The highest BCUT2D eigenvalue weighted by Crippen LogP contribution is 2.46. The number of hydrogen-bond donors (Lipinski definition) is 1. The van der Waals surface area contributed by atoms with Crippen molar-refractivity contribution < 1.29 is 17.9 Å². The molecule has 0 saturated carbocycles. The zero-order valence-electron chi connectivity index (χ0n) is 15.2. The van der Waals surface area contributed by atoms with Crippen LogP contribution in [0.4, 0.5) is 4.39 Å². The molecule has 1 N–H and O–H groups in total. The molecule has 0 radical (unpaired) electrons. The van der Waals surface area contributed by atoms with Gasteiger partial charge in [0.2, 0.25) is 0 Å². The third-order valence-corrected chi connectivity index (χ3v) is 5.65. The Morgan fingerprint density at radius 1 is 1.03 bits per heavy atom. The lowest BCUT2D eigenvalue weighted by Gasteiger charge is -2.29. The minimum absolute atomic E-state index is 0.0579. The van der Waals surface area contributed by atoms with Crippen LogP contribution in [0.15, 0.2) is 72.8 Å². The van der Waals surface area contributed by atoms with Crippen LogP contribution in [0.5, 0.6) is 5.75 Å². The summed E-state index contributed by atoms with van der Waals surface area (Å²) >= 11 is 3.45. The van der Waals surface area contributed by atoms with E-state index in [0.717, 1.165) is 22.3 Å². The molecular weight excluding hydrogens is 407 g/mol. The van der Waals surface area contributed by atoms with Crippen LogP contribution in [-0.4, -0.2) is 14.1 Å². The van der Waals surface area contributed by atoms with Crippen molar-refractivity contribution in [1.29, 1.82) is 0 Å². The van der Waals surface area contributed by atoms with E-state index in [4.69, 9.17) is 21.5 Å². The Morgan fingerprint density at radius 3 is 2.48 bits per heavy atom. The van der Waals surface area contributed by atoms with E-state index in [0.29, 0.717) is 17.1 Å². The summed E-state index contributed by atoms with van der Waals surface area (Å²) in [4.78, 5) is 0. The molecule has 3 nitrogen and oxygen atoms in total. The first-order valence-electron chi connectivity index (χ1n) is 8.96. The average Bonchev–Trinajstić information content (AvgIpc) is 2.72. The molecule has 0 saturated heterocycles. The van der Waals surface area contributed by atoms with E-state index in [1.807, 2.05) is 42.5 Å². The third-order valence-electron chi connectivity index (χ3n) is 4.80. The highest BCUT2D eigenvalue weighted by Gasteiger charge is 2.30. The molecule has 2 unspecified atom stereocenters. The second-order valence-corrected chi connectivity index (χ2v) is 7.87. The highest BCUT2D eigenvalue weighted by molar-refractivity contribution is 7.79. The maximum absolute atomic E-state index is 14.0. The van der Waals surface area contributed by atoms with Gasteiger partial charge in [-0.1, -0.05) is 66.8 Å². The molecule has 1 aliphatic rings. The molecule has 0 spiro atoms. The quantitative estimate of drug-likeness (QED) is 0.428. The number of rotatable bonds is 5. The van der Waals surface area contributed by atoms with Gasteiger partial charge in [0.15, 0.2) is 11.1 Å². The molecule has 3 aromatic rings. The molecule has 0 fully saturated rings. The zero-order valence-corrected chi connectivity index (χ0v) is 16.9. The topological polar surface area (TPSA) is 46.5 Å². The molecule has 1 heterocycles. The van der Waals surface area contributed by atoms with Crippen LogP contribution in [0.25, 0.3) is 11.3 Å². The first-order valence-corrected chi connectivity index (χ1v) is 10.7. The molecule has 0 amide bonds. The van der Waals surface area contributed by atoms with Gasteiger partial charge >= 0.3 is 0 Å². The van der Waals surface area contributed by atoms with Gasteiger partial charge in [-0.15, -0.1) is 0 Å². The second kappa shape index (κ2) is 8.37. The average molecular weight is 425 g/mol. The van der Waals surface area contributed by atoms with Gasteiger partial charge in [0.05, 0.1) is 5.75 Å². The molecule has 4 rings (SSSR count). The van der Waals surface area contributed by atoms with Crippen LogP contribution in [0.2, 0.25) is 0 Å². The van der Waals surface area contributed by atoms with Gasteiger partial charge < -0.3 is 9.29 Å². The number of ether oxygens (including phenoxy) is 1. The molecule has 29 heavy (non-hydrogen) atoms. The van der Waals surface area contributed by atoms with Crippen LogP contribution in [0, 0.1) is 5.82 Å². The number of para-hydroxylation sites is 1. The minimum atomic E-state index is -1.91. The van der Waals surface area contributed by atoms with Crippen molar-refractivity contribution in [3.05, 3.63) is 101 Å². The number of fused-ring (bicyclic) bond motifs is 1. The summed E-state index contributed by atoms with van der Waals surface area (Å²) in [7, 11) is 0. The summed E-state index contributed by atoms with van der Waals surface area (Å²) < 4.78 is 40.4. The van der Waals surface area contributed by atoms with E-state index in [1.165, 1.54) is 12.1 Å². The Kier molecular flexibility index (Phi) is 5.67. The van der Waals surface area contributed by atoms with E-state index in [9.17, 15) is 8.60 Å². The zero-order chi connectivity index (χ0) is 20.4. The predicted molar refractivity (Wildman–Crippen MR) is 118 cm³/mol. The minimum Gasteiger partial charge on any atom is -0.456 e. The van der Waals surface area contributed by atoms with Crippen molar-refractivity contribution in [3.63, 3.8) is 0 Å². The molecule has 3 aromatic carbocycles. The smallest absolute Gasteiger partial charge is 0.157 e. The van der Waals surface area contributed by atoms with E-state index in [2.05, 4.69) is 0 Å². The fourth-order valence-electron chi connectivity index (χ4n) is 3.51. The van der Waals surface area contributed by atoms with E-state index in [1.54, 1.807) is 23.6 Å². The summed E-state index contributed by atoms with van der Waals surface area (Å²) in [5.41, 5.74) is 3.94. The SMILES string of the molecule is O=S(O)Cc1ccc(C2=C(c3cccc(F)c3)C(C=S)c3ccccc3O2)cc1. The van der Waals surface area contributed by atoms with Crippen molar-refractivity contribution in [2.45, 2.75) is 11.7 Å². The number of hydrogen-bond acceptors (Lipinski definition) is 3. The molecule has 6 heteroatoms. The Balaban J connectivity index is 1.90. The number of thiocarbonyl (C=S) groups is 1. The fraction of sp³-hybridized carbons (Fsp3) is 0.0870. The fourth-order valence-corrected chi connectivity index (χ4v) is 4.27. The van der Waals surface area contributed by atoms with Crippen LogP contribution in [-0.2, 0) is 16.8 Å². The first kappa shape index (κ1) is 19.6. The van der Waals surface area contributed by atoms with Gasteiger partial charge in [-0.2, -0.15) is 0 Å². The normalized spacial score (nSPS) is 16.7. The lowest BCUT2D eigenvalue weighted by atomic mass is 9.83. The van der Waals surface area contributed by atoms with Crippen molar-refractivity contribution in [1.82, 2.24) is 0 Å². The number of halogens is 1. The van der Waals surface area contributed by atoms with E-state index >= 15 is 0 Å². The predicted octanol–water partition coefficient (Wildman–Crippen LogP) is 5.59. The highest BCUT2D eigenvalue weighted by atomic mass is 32.2. The van der Waals surface area contributed by atoms with Crippen molar-refractivity contribution in [2.24, 2.45) is 0 Å². The van der Waals surface area contributed by atoms with Crippen LogP contribution >= 0.6 is 12.2 Å². The summed E-state index contributed by atoms with van der Waals surface area (Å²) in [5, 5.41) is 1.67. The summed E-state index contributed by atoms with van der Waals surface area (Å²) in [6.45, 7) is 0. The van der Waals surface area contributed by atoms with E-state index in [-0.39, 0.29) is 17.5 Å². The summed E-state index contributed by atoms with van der Waals surface area (Å²) in [6.07, 6.45) is 0. The molecule has 2 atom stereocenters. The van der Waals surface area contributed by atoms with Gasteiger partial charge in [0, 0.05) is 22.6 Å². The molecule has 1 aliphatic heterocycles. The van der Waals surface area contributed by atoms with Crippen LogP contribution in [0.1, 0.15) is 28.2 Å². The van der Waals surface area contributed by atoms with Gasteiger partial charge in [0.25, 0.3) is 0 Å². The molecule has 0 aliphatic carbocycles. The third kappa shape index (κ3) is 4.05. The Hall–Kier alpha value is -2.67. The Morgan fingerprint density at radius 2 is 1.79 bits per heavy atom. The molecule has 0 aromatic heterocycles. The van der Waals surface area contributed by atoms with Crippen molar-refractivity contribution in [3.8, 4) is 5.75 Å². The van der Waals surface area contributed by atoms with Gasteiger partial charge in [-0.25, -0.2) is 8.60 Å². The number of benzene rings is 3. The standard InChI is InChI=1S/C23H17FO3S2/c24-18-5-3-4-17(12-18)22-20(13-28)19-6-1-2-7-21(19)27-23(22)16-10-8-15(9-11-16)14-29(25)26/h1-13,20H,14H2,(H,25,26).